The van der Waals surface area contributed by atoms with E-state index in [0.29, 0.717) is 11.5 Å². The number of thiocarbonyl (C=S) groups is 1. The number of rotatable bonds is 5. The molecular formula is C8H18N4O2S2. The molecule has 0 aliphatic carbocycles. The highest BCUT2D eigenvalue weighted by Crippen LogP contribution is 2.10. The van der Waals surface area contributed by atoms with Crippen molar-refractivity contribution in [2.75, 3.05) is 26.7 Å². The van der Waals surface area contributed by atoms with Gasteiger partial charge in [-0.2, -0.15) is 13.1 Å². The lowest BCUT2D eigenvalue weighted by Crippen LogP contribution is -2.48. The second kappa shape index (κ2) is 5.87. The number of nitrogens with zero attached hydrogens (tertiary/aromatic N) is 1. The lowest BCUT2D eigenvalue weighted by atomic mass is 10.1. The maximum Gasteiger partial charge on any atom is 0.276 e. The summed E-state index contributed by atoms with van der Waals surface area (Å²) < 4.78 is 27.3. The number of nitrogens with two attached hydrogens (primary N) is 1. The molecule has 4 N–H and O–H groups in total. The summed E-state index contributed by atoms with van der Waals surface area (Å²) >= 11 is 4.83. The molecule has 1 heterocycles. The quantitative estimate of drug-likeness (QED) is 0.544. The standard InChI is InChI=1S/C8H18N4O2S2/c1-10-16(13,14)11-7-2-4-12(5-3-7)6-8(9)15/h7,10-11H,2-6H2,1H3,(H2,9,15). The Morgan fingerprint density at radius 1 is 1.50 bits per heavy atom. The van der Waals surface area contributed by atoms with E-state index in [1.54, 1.807) is 0 Å². The Bertz CT molecular complexity index is 336. The third-order valence-corrected chi connectivity index (χ3v) is 3.87. The minimum Gasteiger partial charge on any atom is -0.392 e. The van der Waals surface area contributed by atoms with Crippen LogP contribution < -0.4 is 15.2 Å². The summed E-state index contributed by atoms with van der Waals surface area (Å²) in [6, 6.07) is 0.0000425. The molecule has 1 aliphatic heterocycles. The van der Waals surface area contributed by atoms with Gasteiger partial charge >= 0.3 is 0 Å². The lowest BCUT2D eigenvalue weighted by molar-refractivity contribution is 0.232. The number of piperidine rings is 1. The fourth-order valence-corrected chi connectivity index (χ4v) is 2.68. The minimum absolute atomic E-state index is 0.0000425. The van der Waals surface area contributed by atoms with Gasteiger partial charge in [0, 0.05) is 32.7 Å². The van der Waals surface area contributed by atoms with Crippen molar-refractivity contribution in [1.82, 2.24) is 14.3 Å². The van der Waals surface area contributed by atoms with Crippen molar-refractivity contribution < 1.29 is 8.42 Å². The molecule has 94 valence electrons. The molecule has 1 saturated heterocycles. The molecule has 0 saturated carbocycles. The predicted octanol–water partition coefficient (Wildman–Crippen LogP) is -1.21. The zero-order valence-corrected chi connectivity index (χ0v) is 10.9. The van der Waals surface area contributed by atoms with Crippen LogP contribution in [0.2, 0.25) is 0 Å². The second-order valence-electron chi connectivity index (χ2n) is 3.84. The summed E-state index contributed by atoms with van der Waals surface area (Å²) in [5, 5.41) is 0. The van der Waals surface area contributed by atoms with Crippen molar-refractivity contribution in [2.24, 2.45) is 5.73 Å². The molecular weight excluding hydrogens is 248 g/mol. The third-order valence-electron chi connectivity index (χ3n) is 2.56. The van der Waals surface area contributed by atoms with Crippen LogP contribution in [-0.2, 0) is 10.2 Å². The minimum atomic E-state index is -3.33. The Balaban J connectivity index is 2.35. The molecule has 0 aromatic rings. The maximum atomic E-state index is 11.3. The van der Waals surface area contributed by atoms with E-state index in [9.17, 15) is 8.42 Å². The van der Waals surface area contributed by atoms with E-state index in [0.717, 1.165) is 25.9 Å². The fraction of sp³-hybridized carbons (Fsp3) is 0.875. The summed E-state index contributed by atoms with van der Waals surface area (Å²) in [5.41, 5.74) is 5.45. The van der Waals surface area contributed by atoms with E-state index in [1.165, 1.54) is 7.05 Å². The van der Waals surface area contributed by atoms with Crippen LogP contribution in [0.5, 0.6) is 0 Å². The van der Waals surface area contributed by atoms with Gasteiger partial charge in [0.1, 0.15) is 0 Å². The zero-order valence-electron chi connectivity index (χ0n) is 9.27. The van der Waals surface area contributed by atoms with Crippen LogP contribution in [0.25, 0.3) is 0 Å². The molecule has 0 aromatic heterocycles. The van der Waals surface area contributed by atoms with Gasteiger partial charge in [-0.1, -0.05) is 12.2 Å². The van der Waals surface area contributed by atoms with E-state index in [2.05, 4.69) is 14.3 Å². The van der Waals surface area contributed by atoms with E-state index in [4.69, 9.17) is 18.0 Å². The summed E-state index contributed by atoms with van der Waals surface area (Å²) in [6.07, 6.45) is 1.56. The highest BCUT2D eigenvalue weighted by atomic mass is 32.2. The fourth-order valence-electron chi connectivity index (χ4n) is 1.71. The molecule has 0 bridgehead atoms. The first-order valence-electron chi connectivity index (χ1n) is 5.14. The maximum absolute atomic E-state index is 11.3. The van der Waals surface area contributed by atoms with E-state index in [-0.39, 0.29) is 6.04 Å². The highest BCUT2D eigenvalue weighted by molar-refractivity contribution is 7.87. The Morgan fingerprint density at radius 3 is 2.50 bits per heavy atom. The molecule has 6 nitrogen and oxygen atoms in total. The highest BCUT2D eigenvalue weighted by Gasteiger charge is 2.22. The molecule has 0 atom stereocenters. The summed E-state index contributed by atoms with van der Waals surface area (Å²) in [5.74, 6) is 0. The molecule has 0 radical (unpaired) electrons. The van der Waals surface area contributed by atoms with Gasteiger partial charge in [0.15, 0.2) is 0 Å². The van der Waals surface area contributed by atoms with Gasteiger partial charge in [0.2, 0.25) is 0 Å². The first-order chi connectivity index (χ1) is 7.43. The molecule has 0 unspecified atom stereocenters. The smallest absolute Gasteiger partial charge is 0.276 e. The van der Waals surface area contributed by atoms with E-state index < -0.39 is 10.2 Å². The monoisotopic (exact) mass is 266 g/mol. The lowest BCUT2D eigenvalue weighted by Gasteiger charge is -2.31. The first kappa shape index (κ1) is 13.8. The van der Waals surface area contributed by atoms with Gasteiger partial charge in [-0.3, -0.25) is 4.90 Å². The van der Waals surface area contributed by atoms with E-state index >= 15 is 0 Å². The van der Waals surface area contributed by atoms with Crippen LogP contribution in [0.15, 0.2) is 0 Å². The molecule has 0 aromatic carbocycles. The number of nitrogens with one attached hydrogen (secondary N) is 2. The average molecular weight is 266 g/mol. The van der Waals surface area contributed by atoms with Crippen molar-refractivity contribution in [3.8, 4) is 0 Å². The Morgan fingerprint density at radius 2 is 2.06 bits per heavy atom. The van der Waals surface area contributed by atoms with Gasteiger partial charge in [-0.15, -0.1) is 0 Å². The summed E-state index contributed by atoms with van der Waals surface area (Å²) in [6.45, 7) is 2.24. The largest absolute Gasteiger partial charge is 0.392 e. The van der Waals surface area contributed by atoms with Crippen LogP contribution in [-0.4, -0.2) is 51.0 Å². The average Bonchev–Trinajstić information content (AvgIpc) is 2.20. The van der Waals surface area contributed by atoms with Crippen LogP contribution in [0.1, 0.15) is 12.8 Å². The Labute approximate surface area is 102 Å². The molecule has 8 heteroatoms. The van der Waals surface area contributed by atoms with Crippen LogP contribution in [0, 0.1) is 0 Å². The van der Waals surface area contributed by atoms with Gasteiger partial charge in [-0.25, -0.2) is 4.72 Å². The van der Waals surface area contributed by atoms with Crippen molar-refractivity contribution in [3.05, 3.63) is 0 Å². The van der Waals surface area contributed by atoms with Crippen molar-refractivity contribution >= 4 is 27.4 Å². The Kier molecular flexibility index (Phi) is 5.06. The van der Waals surface area contributed by atoms with Gasteiger partial charge in [-0.05, 0) is 12.8 Å². The number of likely N-dealkylation sites (tertiary alicyclic amines) is 1. The molecule has 0 amide bonds. The van der Waals surface area contributed by atoms with Crippen LogP contribution >= 0.6 is 12.2 Å². The molecule has 1 rings (SSSR count). The first-order valence-corrected chi connectivity index (χ1v) is 7.03. The predicted molar refractivity (Wildman–Crippen MR) is 67.4 cm³/mol. The molecule has 1 aliphatic rings. The van der Waals surface area contributed by atoms with Gasteiger partial charge in [0.25, 0.3) is 10.2 Å². The normalized spacial score (nSPS) is 19.8. The molecule has 0 spiro atoms. The summed E-state index contributed by atoms with van der Waals surface area (Å²) in [7, 11) is -1.94. The van der Waals surface area contributed by atoms with Gasteiger partial charge in [0.05, 0.1) is 4.99 Å². The van der Waals surface area contributed by atoms with Gasteiger partial charge < -0.3 is 5.73 Å². The SMILES string of the molecule is CNS(=O)(=O)NC1CCN(CC(N)=S)CC1. The van der Waals surface area contributed by atoms with Crippen molar-refractivity contribution in [3.63, 3.8) is 0 Å². The van der Waals surface area contributed by atoms with E-state index in [1.807, 2.05) is 0 Å². The molecule has 1 fully saturated rings. The number of hydrogen-bond donors (Lipinski definition) is 3. The second-order valence-corrected chi connectivity index (χ2v) is 6.02. The number of hydrogen-bond acceptors (Lipinski definition) is 4. The Hall–Kier alpha value is -0.280. The van der Waals surface area contributed by atoms with Crippen LogP contribution in [0.4, 0.5) is 0 Å². The summed E-state index contributed by atoms with van der Waals surface area (Å²) in [4.78, 5) is 2.61. The van der Waals surface area contributed by atoms with Crippen LogP contribution in [0.3, 0.4) is 0 Å². The third kappa shape index (κ3) is 4.71. The zero-order chi connectivity index (χ0) is 12.2. The van der Waals surface area contributed by atoms with Crippen molar-refractivity contribution in [1.29, 1.82) is 0 Å². The topological polar surface area (TPSA) is 87.5 Å². The van der Waals surface area contributed by atoms with Crippen molar-refractivity contribution in [2.45, 2.75) is 18.9 Å². The molecule has 16 heavy (non-hydrogen) atoms.